The van der Waals surface area contributed by atoms with Crippen molar-refractivity contribution in [3.8, 4) is 5.75 Å². The molecule has 0 amide bonds. The molecule has 0 spiro atoms. The standard InChI is InChI=1S/C12H15Br2F2NO2/c1-2-19-11-9(13)3-8(4-10(11)14)5-17-6-12(15,16)7-18/h3-4,17-18H,2,5-7H2,1H3. The van der Waals surface area contributed by atoms with E-state index < -0.39 is 19.1 Å². The molecular formula is C12H15Br2F2NO2. The van der Waals surface area contributed by atoms with Crippen molar-refractivity contribution in [2.75, 3.05) is 19.8 Å². The molecule has 0 saturated carbocycles. The quantitative estimate of drug-likeness (QED) is 0.735. The summed E-state index contributed by atoms with van der Waals surface area (Å²) in [5, 5.41) is 11.1. The van der Waals surface area contributed by atoms with Crippen LogP contribution in [0.25, 0.3) is 0 Å². The third kappa shape index (κ3) is 5.33. The molecule has 3 nitrogen and oxygen atoms in total. The van der Waals surface area contributed by atoms with Crippen LogP contribution >= 0.6 is 31.9 Å². The van der Waals surface area contributed by atoms with Gasteiger partial charge in [-0.2, -0.15) is 0 Å². The Morgan fingerprint density at radius 2 is 1.89 bits per heavy atom. The van der Waals surface area contributed by atoms with E-state index in [0.29, 0.717) is 12.4 Å². The number of ether oxygens (including phenoxy) is 1. The van der Waals surface area contributed by atoms with E-state index in [1.807, 2.05) is 6.92 Å². The minimum absolute atomic E-state index is 0.277. The Balaban J connectivity index is 2.66. The number of rotatable bonds is 7. The second kappa shape index (κ2) is 7.52. The summed E-state index contributed by atoms with van der Waals surface area (Å²) in [6, 6.07) is 3.61. The summed E-state index contributed by atoms with van der Waals surface area (Å²) < 4.78 is 32.6. The van der Waals surface area contributed by atoms with Crippen LogP contribution in [0.1, 0.15) is 12.5 Å². The van der Waals surface area contributed by atoms with Crippen LogP contribution in [0.15, 0.2) is 21.1 Å². The first-order valence-corrected chi connectivity index (χ1v) is 7.28. The van der Waals surface area contributed by atoms with E-state index in [0.717, 1.165) is 14.5 Å². The Bertz CT molecular complexity index is 407. The van der Waals surface area contributed by atoms with Crippen molar-refractivity contribution in [2.45, 2.75) is 19.4 Å². The van der Waals surface area contributed by atoms with Crippen LogP contribution < -0.4 is 10.1 Å². The van der Waals surface area contributed by atoms with Crippen LogP contribution in [-0.2, 0) is 6.54 Å². The van der Waals surface area contributed by atoms with Gasteiger partial charge in [0.25, 0.3) is 5.92 Å². The van der Waals surface area contributed by atoms with Crippen LogP contribution in [0.3, 0.4) is 0 Å². The van der Waals surface area contributed by atoms with Crippen LogP contribution in [0, 0.1) is 0 Å². The number of aliphatic hydroxyl groups excluding tert-OH is 1. The molecule has 0 radical (unpaired) electrons. The average molecular weight is 403 g/mol. The number of benzene rings is 1. The Kier molecular flexibility index (Phi) is 6.65. The highest BCUT2D eigenvalue weighted by atomic mass is 79.9. The molecule has 0 aliphatic heterocycles. The molecule has 0 unspecified atom stereocenters. The SMILES string of the molecule is CCOc1c(Br)cc(CNCC(F)(F)CO)cc1Br. The largest absolute Gasteiger partial charge is 0.492 e. The van der Waals surface area contributed by atoms with E-state index in [2.05, 4.69) is 37.2 Å². The van der Waals surface area contributed by atoms with E-state index in [-0.39, 0.29) is 6.54 Å². The zero-order valence-corrected chi connectivity index (χ0v) is 13.5. The molecular weight excluding hydrogens is 388 g/mol. The smallest absolute Gasteiger partial charge is 0.282 e. The third-order valence-corrected chi connectivity index (χ3v) is 3.47. The fourth-order valence-corrected chi connectivity index (χ4v) is 2.95. The van der Waals surface area contributed by atoms with Gasteiger partial charge in [0, 0.05) is 6.54 Å². The normalized spacial score (nSPS) is 11.7. The summed E-state index contributed by atoms with van der Waals surface area (Å²) in [5.41, 5.74) is 0.830. The number of alkyl halides is 2. The predicted octanol–water partition coefficient (Wildman–Crippen LogP) is 3.33. The summed E-state index contributed by atoms with van der Waals surface area (Å²) in [7, 11) is 0. The first kappa shape index (κ1) is 16.8. The maximum atomic E-state index is 12.8. The average Bonchev–Trinajstić information content (AvgIpc) is 2.34. The second-order valence-corrected chi connectivity index (χ2v) is 5.65. The van der Waals surface area contributed by atoms with Gasteiger partial charge < -0.3 is 15.2 Å². The van der Waals surface area contributed by atoms with Gasteiger partial charge >= 0.3 is 0 Å². The lowest BCUT2D eigenvalue weighted by Crippen LogP contribution is -2.35. The maximum Gasteiger partial charge on any atom is 0.282 e. The summed E-state index contributed by atoms with van der Waals surface area (Å²) in [4.78, 5) is 0. The van der Waals surface area contributed by atoms with Crippen molar-refractivity contribution in [2.24, 2.45) is 0 Å². The number of aliphatic hydroxyl groups is 1. The molecule has 1 aromatic carbocycles. The lowest BCUT2D eigenvalue weighted by molar-refractivity contribution is -0.0477. The van der Waals surface area contributed by atoms with Gasteiger partial charge in [-0.05, 0) is 56.5 Å². The van der Waals surface area contributed by atoms with Gasteiger partial charge in [0.15, 0.2) is 0 Å². The summed E-state index contributed by atoms with van der Waals surface area (Å²) in [6.07, 6.45) is 0. The highest BCUT2D eigenvalue weighted by Gasteiger charge is 2.26. The lowest BCUT2D eigenvalue weighted by Gasteiger charge is -2.15. The zero-order valence-electron chi connectivity index (χ0n) is 10.4. The van der Waals surface area contributed by atoms with Gasteiger partial charge in [-0.15, -0.1) is 0 Å². The Morgan fingerprint density at radius 3 is 2.37 bits per heavy atom. The van der Waals surface area contributed by atoms with Crippen molar-refractivity contribution in [3.63, 3.8) is 0 Å². The van der Waals surface area contributed by atoms with Gasteiger partial charge in [-0.1, -0.05) is 0 Å². The highest BCUT2D eigenvalue weighted by molar-refractivity contribution is 9.11. The monoisotopic (exact) mass is 401 g/mol. The molecule has 7 heteroatoms. The zero-order chi connectivity index (χ0) is 14.5. The molecule has 108 valence electrons. The molecule has 0 aliphatic carbocycles. The van der Waals surface area contributed by atoms with E-state index in [1.165, 1.54) is 0 Å². The molecule has 0 atom stereocenters. The fourth-order valence-electron chi connectivity index (χ4n) is 1.44. The number of halogens is 4. The first-order valence-electron chi connectivity index (χ1n) is 5.69. The fraction of sp³-hybridized carbons (Fsp3) is 0.500. The van der Waals surface area contributed by atoms with E-state index >= 15 is 0 Å². The summed E-state index contributed by atoms with van der Waals surface area (Å²) in [5.74, 6) is -2.41. The van der Waals surface area contributed by atoms with Gasteiger partial charge in [-0.3, -0.25) is 0 Å². The summed E-state index contributed by atoms with van der Waals surface area (Å²) in [6.45, 7) is 0.977. The maximum absolute atomic E-state index is 12.8. The molecule has 0 saturated heterocycles. The van der Waals surface area contributed by atoms with Crippen molar-refractivity contribution in [3.05, 3.63) is 26.6 Å². The van der Waals surface area contributed by atoms with Crippen LogP contribution in [0.2, 0.25) is 0 Å². The predicted molar refractivity (Wildman–Crippen MR) is 76.8 cm³/mol. The van der Waals surface area contributed by atoms with Gasteiger partial charge in [0.05, 0.1) is 22.1 Å². The molecule has 0 bridgehead atoms. The second-order valence-electron chi connectivity index (χ2n) is 3.94. The molecule has 19 heavy (non-hydrogen) atoms. The Morgan fingerprint density at radius 1 is 1.32 bits per heavy atom. The first-order chi connectivity index (χ1) is 8.89. The summed E-state index contributed by atoms with van der Waals surface area (Å²) >= 11 is 6.75. The minimum Gasteiger partial charge on any atom is -0.492 e. The number of hydrogen-bond donors (Lipinski definition) is 2. The van der Waals surface area contributed by atoms with Gasteiger partial charge in [0.1, 0.15) is 12.4 Å². The van der Waals surface area contributed by atoms with Crippen molar-refractivity contribution >= 4 is 31.9 Å². The molecule has 2 N–H and O–H groups in total. The van der Waals surface area contributed by atoms with Crippen LogP contribution in [-0.4, -0.2) is 30.8 Å². The van der Waals surface area contributed by atoms with Crippen molar-refractivity contribution < 1.29 is 18.6 Å². The number of nitrogens with one attached hydrogen (secondary N) is 1. The molecule has 1 aromatic rings. The minimum atomic E-state index is -3.10. The lowest BCUT2D eigenvalue weighted by atomic mass is 10.2. The topological polar surface area (TPSA) is 41.5 Å². The molecule has 1 rings (SSSR count). The van der Waals surface area contributed by atoms with Gasteiger partial charge in [-0.25, -0.2) is 8.78 Å². The molecule has 0 aromatic heterocycles. The third-order valence-electron chi connectivity index (χ3n) is 2.29. The van der Waals surface area contributed by atoms with E-state index in [4.69, 9.17) is 9.84 Å². The Hall–Kier alpha value is -0.240. The molecule has 0 aliphatic rings. The van der Waals surface area contributed by atoms with Crippen molar-refractivity contribution in [1.82, 2.24) is 5.32 Å². The Labute approximate surface area is 127 Å². The number of hydrogen-bond acceptors (Lipinski definition) is 3. The van der Waals surface area contributed by atoms with E-state index in [1.54, 1.807) is 12.1 Å². The van der Waals surface area contributed by atoms with Crippen LogP contribution in [0.4, 0.5) is 8.78 Å². The molecule has 0 heterocycles. The van der Waals surface area contributed by atoms with E-state index in [9.17, 15) is 8.78 Å². The highest BCUT2D eigenvalue weighted by Crippen LogP contribution is 2.34. The van der Waals surface area contributed by atoms with Crippen molar-refractivity contribution in [1.29, 1.82) is 0 Å². The van der Waals surface area contributed by atoms with Gasteiger partial charge in [0.2, 0.25) is 0 Å². The van der Waals surface area contributed by atoms with Crippen LogP contribution in [0.5, 0.6) is 5.75 Å². The molecule has 0 fully saturated rings.